The predicted octanol–water partition coefficient (Wildman–Crippen LogP) is 0.0378. The van der Waals surface area contributed by atoms with Crippen molar-refractivity contribution in [2.45, 2.75) is 0 Å². The third-order valence-corrected chi connectivity index (χ3v) is 1.88. The van der Waals surface area contributed by atoms with Gasteiger partial charge in [0.2, 0.25) is 0 Å². The summed E-state index contributed by atoms with van der Waals surface area (Å²) in [5.74, 6) is -0.560. The summed E-state index contributed by atoms with van der Waals surface area (Å²) in [4.78, 5) is 31.5. The third kappa shape index (κ3) is 1.08. The molecule has 0 unspecified atom stereocenters. The van der Waals surface area contributed by atoms with E-state index in [1.807, 2.05) is 0 Å². The molecule has 6 nitrogen and oxygen atoms in total. The van der Waals surface area contributed by atoms with Crippen molar-refractivity contribution in [2.24, 2.45) is 0 Å². The average Bonchev–Trinajstić information content (AvgIpc) is 2.62. The second kappa shape index (κ2) is 2.99. The number of aromatic amines is 2. The minimum Gasteiger partial charge on any atom is -0.465 e. The molecule has 2 rings (SSSR count). The van der Waals surface area contributed by atoms with Crippen molar-refractivity contribution >= 4 is 17.0 Å². The van der Waals surface area contributed by atoms with Crippen molar-refractivity contribution in [1.29, 1.82) is 0 Å². The van der Waals surface area contributed by atoms with Crippen molar-refractivity contribution in [3.8, 4) is 0 Å². The van der Waals surface area contributed by atoms with Crippen LogP contribution in [-0.4, -0.2) is 28.0 Å². The Bertz CT molecular complexity index is 540. The fraction of sp³-hybridized carbons (Fsp3) is 0.125. The molecular weight excluding hydrogens is 186 g/mol. The number of nitrogens with one attached hydrogen (secondary N) is 2. The summed E-state index contributed by atoms with van der Waals surface area (Å²) < 4.78 is 4.52. The number of ether oxygens (including phenoxy) is 1. The van der Waals surface area contributed by atoms with Crippen molar-refractivity contribution in [3.63, 3.8) is 0 Å². The minimum absolute atomic E-state index is 0.192. The van der Waals surface area contributed by atoms with Crippen LogP contribution < -0.4 is 5.56 Å². The van der Waals surface area contributed by atoms with Gasteiger partial charge in [-0.3, -0.25) is 4.79 Å². The molecule has 2 heterocycles. The summed E-state index contributed by atoms with van der Waals surface area (Å²) in [6.07, 6.45) is 2.67. The van der Waals surface area contributed by atoms with Crippen LogP contribution in [0, 0.1) is 0 Å². The molecule has 72 valence electrons. The van der Waals surface area contributed by atoms with Gasteiger partial charge in [0.05, 0.1) is 24.4 Å². The molecule has 0 saturated heterocycles. The zero-order chi connectivity index (χ0) is 10.1. The average molecular weight is 193 g/mol. The van der Waals surface area contributed by atoms with Crippen LogP contribution >= 0.6 is 0 Å². The van der Waals surface area contributed by atoms with Gasteiger partial charge in [0.15, 0.2) is 0 Å². The largest absolute Gasteiger partial charge is 0.465 e. The Balaban J connectivity index is 2.80. The van der Waals surface area contributed by atoms with E-state index < -0.39 is 5.97 Å². The molecule has 2 aromatic rings. The zero-order valence-corrected chi connectivity index (χ0v) is 7.33. The van der Waals surface area contributed by atoms with Gasteiger partial charge in [-0.1, -0.05) is 0 Å². The lowest BCUT2D eigenvalue weighted by molar-refractivity contribution is 0.0603. The Morgan fingerprint density at radius 3 is 3.00 bits per heavy atom. The second-order valence-electron chi connectivity index (χ2n) is 2.65. The molecule has 0 aromatic carbocycles. The van der Waals surface area contributed by atoms with Gasteiger partial charge in [-0.15, -0.1) is 0 Å². The van der Waals surface area contributed by atoms with Gasteiger partial charge < -0.3 is 14.7 Å². The number of methoxy groups -OCH3 is 1. The Labute approximate surface area is 77.9 Å². The van der Waals surface area contributed by atoms with Crippen LogP contribution in [0.25, 0.3) is 11.0 Å². The van der Waals surface area contributed by atoms with E-state index in [0.717, 1.165) is 0 Å². The molecule has 0 aliphatic rings. The summed E-state index contributed by atoms with van der Waals surface area (Å²) in [6, 6.07) is 0. The molecule has 14 heavy (non-hydrogen) atoms. The Morgan fingerprint density at radius 1 is 1.50 bits per heavy atom. The van der Waals surface area contributed by atoms with Crippen LogP contribution in [0.2, 0.25) is 0 Å². The topological polar surface area (TPSA) is 87.8 Å². The van der Waals surface area contributed by atoms with Crippen LogP contribution in [0.3, 0.4) is 0 Å². The molecular formula is C8H7N3O3. The number of nitrogens with zero attached hydrogens (tertiary/aromatic N) is 1. The first kappa shape index (κ1) is 8.49. The fourth-order valence-electron chi connectivity index (χ4n) is 1.24. The van der Waals surface area contributed by atoms with E-state index in [9.17, 15) is 9.59 Å². The number of hydrogen-bond donors (Lipinski definition) is 2. The number of carbonyl (C=O) groups excluding carboxylic acids is 1. The normalized spacial score (nSPS) is 10.4. The number of hydrogen-bond acceptors (Lipinski definition) is 4. The molecule has 0 aliphatic heterocycles. The standard InChI is InChI=1S/C8H7N3O3/c1-14-8(13)4-2-9-6-5(4)7(12)11-3-10-6/h2-3H,1H3,(H2,9,10,11,12). The first-order valence-electron chi connectivity index (χ1n) is 3.87. The van der Waals surface area contributed by atoms with Crippen LogP contribution in [0.15, 0.2) is 17.3 Å². The van der Waals surface area contributed by atoms with Crippen molar-refractivity contribution in [1.82, 2.24) is 15.0 Å². The smallest absolute Gasteiger partial charge is 0.340 e. The maximum absolute atomic E-state index is 11.4. The number of fused-ring (bicyclic) bond motifs is 1. The summed E-state index contributed by atoms with van der Waals surface area (Å²) in [7, 11) is 1.26. The number of esters is 1. The minimum atomic E-state index is -0.560. The Morgan fingerprint density at radius 2 is 2.29 bits per heavy atom. The van der Waals surface area contributed by atoms with Gasteiger partial charge in [-0.25, -0.2) is 9.78 Å². The number of carbonyl (C=O) groups is 1. The highest BCUT2D eigenvalue weighted by Crippen LogP contribution is 2.11. The highest BCUT2D eigenvalue weighted by molar-refractivity contribution is 6.02. The SMILES string of the molecule is COC(=O)c1c[nH]c2nc[nH]c(=O)c12. The number of rotatable bonds is 1. The van der Waals surface area contributed by atoms with Gasteiger partial charge in [-0.2, -0.15) is 0 Å². The fourth-order valence-corrected chi connectivity index (χ4v) is 1.24. The summed E-state index contributed by atoms with van der Waals surface area (Å²) >= 11 is 0. The second-order valence-corrected chi connectivity index (χ2v) is 2.65. The van der Waals surface area contributed by atoms with Crippen LogP contribution in [0.4, 0.5) is 0 Å². The Hall–Kier alpha value is -2.11. The molecule has 2 aromatic heterocycles. The maximum atomic E-state index is 11.4. The molecule has 0 bridgehead atoms. The van der Waals surface area contributed by atoms with Gasteiger partial charge >= 0.3 is 5.97 Å². The lowest BCUT2D eigenvalue weighted by Gasteiger charge is -1.94. The van der Waals surface area contributed by atoms with Crippen molar-refractivity contribution < 1.29 is 9.53 Å². The lowest BCUT2D eigenvalue weighted by atomic mass is 10.2. The maximum Gasteiger partial charge on any atom is 0.340 e. The van der Waals surface area contributed by atoms with Crippen LogP contribution in [-0.2, 0) is 4.74 Å². The van der Waals surface area contributed by atoms with Gasteiger partial charge in [-0.05, 0) is 0 Å². The van der Waals surface area contributed by atoms with E-state index in [1.54, 1.807) is 0 Å². The van der Waals surface area contributed by atoms with Crippen molar-refractivity contribution in [2.75, 3.05) is 7.11 Å². The molecule has 0 fully saturated rings. The van der Waals surface area contributed by atoms with E-state index in [2.05, 4.69) is 19.7 Å². The summed E-state index contributed by atoms with van der Waals surface area (Å²) in [5.41, 5.74) is 0.197. The van der Waals surface area contributed by atoms with E-state index >= 15 is 0 Å². The molecule has 0 radical (unpaired) electrons. The molecule has 6 heteroatoms. The monoisotopic (exact) mass is 193 g/mol. The molecule has 0 aliphatic carbocycles. The van der Waals surface area contributed by atoms with E-state index in [4.69, 9.17) is 0 Å². The van der Waals surface area contributed by atoms with Crippen LogP contribution in [0.1, 0.15) is 10.4 Å². The van der Waals surface area contributed by atoms with Gasteiger partial charge in [0, 0.05) is 6.20 Å². The first-order valence-corrected chi connectivity index (χ1v) is 3.87. The number of H-pyrrole nitrogens is 2. The highest BCUT2D eigenvalue weighted by atomic mass is 16.5. The molecule has 2 N–H and O–H groups in total. The molecule has 0 spiro atoms. The zero-order valence-electron chi connectivity index (χ0n) is 7.33. The first-order chi connectivity index (χ1) is 6.74. The van der Waals surface area contributed by atoms with Gasteiger partial charge in [0.1, 0.15) is 5.65 Å². The summed E-state index contributed by atoms with van der Waals surface area (Å²) in [6.45, 7) is 0. The molecule has 0 amide bonds. The van der Waals surface area contributed by atoms with Gasteiger partial charge in [0.25, 0.3) is 5.56 Å². The van der Waals surface area contributed by atoms with E-state index in [-0.39, 0.29) is 16.5 Å². The molecule has 0 saturated carbocycles. The van der Waals surface area contributed by atoms with Crippen molar-refractivity contribution in [3.05, 3.63) is 28.4 Å². The number of aromatic nitrogens is 3. The predicted molar refractivity (Wildman–Crippen MR) is 48.1 cm³/mol. The third-order valence-electron chi connectivity index (χ3n) is 1.88. The lowest BCUT2D eigenvalue weighted by Crippen LogP contribution is -2.10. The van der Waals surface area contributed by atoms with E-state index in [0.29, 0.717) is 5.65 Å². The van der Waals surface area contributed by atoms with Crippen LogP contribution in [0.5, 0.6) is 0 Å². The highest BCUT2D eigenvalue weighted by Gasteiger charge is 2.15. The van der Waals surface area contributed by atoms with E-state index in [1.165, 1.54) is 19.6 Å². The quantitative estimate of drug-likeness (QED) is 0.626. The summed E-state index contributed by atoms with van der Waals surface area (Å²) in [5, 5.41) is 0.222. The Kier molecular flexibility index (Phi) is 1.81. The molecule has 0 atom stereocenters.